The Morgan fingerprint density at radius 3 is 2.86 bits per heavy atom. The summed E-state index contributed by atoms with van der Waals surface area (Å²) in [7, 11) is 1.77. The first-order valence-corrected chi connectivity index (χ1v) is 5.71. The summed E-state index contributed by atoms with van der Waals surface area (Å²) in [6.45, 7) is 9.97. The summed E-state index contributed by atoms with van der Waals surface area (Å²) in [6, 6.07) is 0.496. The van der Waals surface area contributed by atoms with E-state index < -0.39 is 0 Å². The predicted octanol–water partition coefficient (Wildman–Crippen LogP) is 0.953. The Kier molecular flexibility index (Phi) is 5.45. The van der Waals surface area contributed by atoms with Gasteiger partial charge in [-0.1, -0.05) is 13.8 Å². The Hall–Kier alpha value is -0.120. The summed E-state index contributed by atoms with van der Waals surface area (Å²) in [4.78, 5) is 2.54. The van der Waals surface area contributed by atoms with Crippen LogP contribution in [0.15, 0.2) is 0 Å². The minimum atomic E-state index is 0.496. The SMILES string of the molecule is CCNC(COC)CN1CCC(C)C1. The van der Waals surface area contributed by atoms with Crippen molar-refractivity contribution in [1.82, 2.24) is 10.2 Å². The van der Waals surface area contributed by atoms with Gasteiger partial charge in [0, 0.05) is 26.2 Å². The highest BCUT2D eigenvalue weighted by atomic mass is 16.5. The number of methoxy groups -OCH3 is 1. The average Bonchev–Trinajstić information content (AvgIpc) is 2.52. The third-order valence-electron chi connectivity index (χ3n) is 2.85. The molecule has 0 saturated carbocycles. The van der Waals surface area contributed by atoms with E-state index in [0.717, 1.165) is 25.6 Å². The highest BCUT2D eigenvalue weighted by Crippen LogP contribution is 2.14. The van der Waals surface area contributed by atoms with Crippen LogP contribution in [0.3, 0.4) is 0 Å². The highest BCUT2D eigenvalue weighted by Gasteiger charge is 2.21. The summed E-state index contributed by atoms with van der Waals surface area (Å²) in [5.74, 6) is 0.875. The largest absolute Gasteiger partial charge is 0.383 e. The standard InChI is InChI=1S/C11H24N2O/c1-4-12-11(9-14-3)8-13-6-5-10(2)7-13/h10-12H,4-9H2,1-3H3. The molecule has 1 aliphatic heterocycles. The maximum Gasteiger partial charge on any atom is 0.0628 e. The average molecular weight is 200 g/mol. The second-order valence-corrected chi connectivity index (χ2v) is 4.36. The topological polar surface area (TPSA) is 24.5 Å². The second-order valence-electron chi connectivity index (χ2n) is 4.36. The first-order chi connectivity index (χ1) is 6.76. The normalized spacial score (nSPS) is 25.5. The van der Waals surface area contributed by atoms with E-state index in [1.54, 1.807) is 7.11 Å². The lowest BCUT2D eigenvalue weighted by Crippen LogP contribution is -2.43. The molecule has 0 spiro atoms. The molecule has 0 radical (unpaired) electrons. The minimum absolute atomic E-state index is 0.496. The molecule has 1 saturated heterocycles. The first kappa shape index (κ1) is 12.0. The van der Waals surface area contributed by atoms with Crippen molar-refractivity contribution < 1.29 is 4.74 Å². The van der Waals surface area contributed by atoms with E-state index in [-0.39, 0.29) is 0 Å². The van der Waals surface area contributed by atoms with Crippen LogP contribution in [0.25, 0.3) is 0 Å². The van der Waals surface area contributed by atoms with Crippen LogP contribution in [0.5, 0.6) is 0 Å². The third-order valence-corrected chi connectivity index (χ3v) is 2.85. The number of nitrogens with one attached hydrogen (secondary N) is 1. The predicted molar refractivity (Wildman–Crippen MR) is 59.6 cm³/mol. The van der Waals surface area contributed by atoms with Gasteiger partial charge in [-0.15, -0.1) is 0 Å². The first-order valence-electron chi connectivity index (χ1n) is 5.71. The van der Waals surface area contributed by atoms with E-state index in [0.29, 0.717) is 6.04 Å². The Morgan fingerprint density at radius 1 is 1.57 bits per heavy atom. The quantitative estimate of drug-likeness (QED) is 0.691. The number of hydrogen-bond acceptors (Lipinski definition) is 3. The van der Waals surface area contributed by atoms with E-state index in [1.807, 2.05) is 0 Å². The van der Waals surface area contributed by atoms with Gasteiger partial charge in [0.1, 0.15) is 0 Å². The van der Waals surface area contributed by atoms with Gasteiger partial charge in [-0.25, -0.2) is 0 Å². The van der Waals surface area contributed by atoms with Crippen molar-refractivity contribution in [2.24, 2.45) is 5.92 Å². The molecule has 0 amide bonds. The molecule has 3 heteroatoms. The van der Waals surface area contributed by atoms with Gasteiger partial charge in [-0.05, 0) is 25.4 Å². The zero-order chi connectivity index (χ0) is 10.4. The maximum atomic E-state index is 5.20. The fourth-order valence-electron chi connectivity index (χ4n) is 2.17. The molecular formula is C11H24N2O. The van der Waals surface area contributed by atoms with Crippen LogP contribution in [-0.4, -0.2) is 50.8 Å². The van der Waals surface area contributed by atoms with Crippen LogP contribution < -0.4 is 5.32 Å². The Bertz CT molecular complexity index is 146. The number of hydrogen-bond donors (Lipinski definition) is 1. The van der Waals surface area contributed by atoms with E-state index in [9.17, 15) is 0 Å². The van der Waals surface area contributed by atoms with Crippen molar-refractivity contribution in [2.75, 3.05) is 39.9 Å². The summed E-state index contributed by atoms with van der Waals surface area (Å²) < 4.78 is 5.20. The molecule has 2 atom stereocenters. The molecule has 1 rings (SSSR count). The molecule has 0 bridgehead atoms. The Balaban J connectivity index is 2.24. The van der Waals surface area contributed by atoms with Crippen LogP contribution in [-0.2, 0) is 4.74 Å². The van der Waals surface area contributed by atoms with Gasteiger partial charge in [-0.2, -0.15) is 0 Å². The molecule has 3 nitrogen and oxygen atoms in total. The highest BCUT2D eigenvalue weighted by molar-refractivity contribution is 4.77. The van der Waals surface area contributed by atoms with E-state index in [4.69, 9.17) is 4.74 Å². The Labute approximate surface area is 87.8 Å². The molecule has 1 aliphatic rings. The fraction of sp³-hybridized carbons (Fsp3) is 1.00. The monoisotopic (exact) mass is 200 g/mol. The molecule has 0 aromatic carbocycles. The zero-order valence-corrected chi connectivity index (χ0v) is 9.75. The van der Waals surface area contributed by atoms with Gasteiger partial charge in [0.05, 0.1) is 6.61 Å². The van der Waals surface area contributed by atoms with Gasteiger partial charge >= 0.3 is 0 Å². The summed E-state index contributed by atoms with van der Waals surface area (Å²) in [5.41, 5.74) is 0. The van der Waals surface area contributed by atoms with E-state index in [1.165, 1.54) is 19.5 Å². The van der Waals surface area contributed by atoms with Crippen LogP contribution in [0.2, 0.25) is 0 Å². The van der Waals surface area contributed by atoms with Gasteiger partial charge < -0.3 is 15.0 Å². The molecule has 2 unspecified atom stereocenters. The number of ether oxygens (including phenoxy) is 1. The van der Waals surface area contributed by atoms with Crippen molar-refractivity contribution in [2.45, 2.75) is 26.3 Å². The van der Waals surface area contributed by atoms with Crippen LogP contribution in [0, 0.1) is 5.92 Å². The van der Waals surface area contributed by atoms with Crippen LogP contribution >= 0.6 is 0 Å². The summed E-state index contributed by atoms with van der Waals surface area (Å²) in [5, 5.41) is 3.46. The van der Waals surface area contributed by atoms with Gasteiger partial charge in [-0.3, -0.25) is 0 Å². The molecule has 1 N–H and O–H groups in total. The molecule has 0 aromatic rings. The Morgan fingerprint density at radius 2 is 2.36 bits per heavy atom. The smallest absolute Gasteiger partial charge is 0.0628 e. The van der Waals surface area contributed by atoms with E-state index >= 15 is 0 Å². The lowest BCUT2D eigenvalue weighted by atomic mass is 10.2. The number of likely N-dealkylation sites (N-methyl/N-ethyl adjacent to an activating group) is 1. The van der Waals surface area contributed by atoms with Crippen LogP contribution in [0.1, 0.15) is 20.3 Å². The molecule has 0 aliphatic carbocycles. The molecule has 84 valence electrons. The summed E-state index contributed by atoms with van der Waals surface area (Å²) in [6.07, 6.45) is 1.35. The number of nitrogens with zero attached hydrogens (tertiary/aromatic N) is 1. The van der Waals surface area contributed by atoms with Gasteiger partial charge in [0.2, 0.25) is 0 Å². The van der Waals surface area contributed by atoms with Crippen LogP contribution in [0.4, 0.5) is 0 Å². The van der Waals surface area contributed by atoms with E-state index in [2.05, 4.69) is 24.1 Å². The molecule has 0 aromatic heterocycles. The van der Waals surface area contributed by atoms with Crippen molar-refractivity contribution in [3.63, 3.8) is 0 Å². The van der Waals surface area contributed by atoms with Crippen molar-refractivity contribution in [1.29, 1.82) is 0 Å². The zero-order valence-electron chi connectivity index (χ0n) is 9.75. The summed E-state index contributed by atoms with van der Waals surface area (Å²) >= 11 is 0. The van der Waals surface area contributed by atoms with Crippen molar-refractivity contribution >= 4 is 0 Å². The third kappa shape index (κ3) is 3.95. The minimum Gasteiger partial charge on any atom is -0.383 e. The van der Waals surface area contributed by atoms with Gasteiger partial charge in [0.15, 0.2) is 0 Å². The molecule has 1 heterocycles. The molecule has 1 fully saturated rings. The lowest BCUT2D eigenvalue weighted by molar-refractivity contribution is 0.145. The fourth-order valence-corrected chi connectivity index (χ4v) is 2.17. The molecule has 14 heavy (non-hydrogen) atoms. The maximum absolute atomic E-state index is 5.20. The number of likely N-dealkylation sites (tertiary alicyclic amines) is 1. The van der Waals surface area contributed by atoms with Crippen molar-refractivity contribution in [3.8, 4) is 0 Å². The van der Waals surface area contributed by atoms with Gasteiger partial charge in [0.25, 0.3) is 0 Å². The second kappa shape index (κ2) is 6.38. The number of rotatable bonds is 6. The van der Waals surface area contributed by atoms with Crippen molar-refractivity contribution in [3.05, 3.63) is 0 Å². The molecular weight excluding hydrogens is 176 g/mol. The lowest BCUT2D eigenvalue weighted by Gasteiger charge is -2.23.